The zero-order valence-corrected chi connectivity index (χ0v) is 9.32. The molecule has 0 unspecified atom stereocenters. The van der Waals surface area contributed by atoms with Gasteiger partial charge in [0, 0.05) is 25.0 Å². The molecule has 15 heavy (non-hydrogen) atoms. The molecule has 0 aromatic carbocycles. The number of aliphatic hydroxyl groups excluding tert-OH is 1. The van der Waals surface area contributed by atoms with Gasteiger partial charge in [-0.1, -0.05) is 11.6 Å². The Balaban J connectivity index is 2.05. The van der Waals surface area contributed by atoms with E-state index < -0.39 is 0 Å². The molecule has 1 atom stereocenters. The number of aromatic nitrogens is 1. The van der Waals surface area contributed by atoms with Gasteiger partial charge in [0.25, 0.3) is 0 Å². The predicted molar refractivity (Wildman–Crippen MR) is 59.8 cm³/mol. The third-order valence-corrected chi connectivity index (χ3v) is 3.28. The van der Waals surface area contributed by atoms with Crippen LogP contribution in [0.25, 0.3) is 0 Å². The molecule has 1 aromatic rings. The van der Waals surface area contributed by atoms with Gasteiger partial charge in [-0.25, -0.2) is 0 Å². The zero-order valence-electron chi connectivity index (χ0n) is 8.56. The highest BCUT2D eigenvalue weighted by atomic mass is 35.5. The predicted octanol–water partition coefficient (Wildman–Crippen LogP) is 1.69. The fraction of sp³-hybridized carbons (Fsp3) is 0.545. The summed E-state index contributed by atoms with van der Waals surface area (Å²) in [7, 11) is 0. The van der Waals surface area contributed by atoms with E-state index in [0.29, 0.717) is 11.1 Å². The second kappa shape index (κ2) is 4.92. The monoisotopic (exact) mass is 226 g/mol. The second-order valence-corrected chi connectivity index (χ2v) is 4.32. The first-order chi connectivity index (χ1) is 7.31. The highest BCUT2D eigenvalue weighted by molar-refractivity contribution is 6.31. The molecule has 0 radical (unpaired) electrons. The van der Waals surface area contributed by atoms with Crippen LogP contribution in [0.4, 0.5) is 0 Å². The Morgan fingerprint density at radius 3 is 3.20 bits per heavy atom. The molecule has 3 nitrogen and oxygen atoms in total. The molecule has 0 spiro atoms. The molecule has 82 valence electrons. The Morgan fingerprint density at radius 2 is 2.47 bits per heavy atom. The van der Waals surface area contributed by atoms with Crippen LogP contribution in [-0.4, -0.2) is 34.2 Å². The minimum atomic E-state index is 0.239. The summed E-state index contributed by atoms with van der Waals surface area (Å²) < 4.78 is 0. The fourth-order valence-electron chi connectivity index (χ4n) is 2.06. The summed E-state index contributed by atoms with van der Waals surface area (Å²) in [5.74, 6) is 0. The molecule has 1 aromatic heterocycles. The van der Waals surface area contributed by atoms with Gasteiger partial charge in [0.1, 0.15) is 0 Å². The smallest absolute Gasteiger partial charge is 0.0634 e. The van der Waals surface area contributed by atoms with Gasteiger partial charge in [0.15, 0.2) is 0 Å². The standard InChI is InChI=1S/C11H15ClN2O/c12-11-6-13-4-3-9(11)7-14-5-1-2-10(14)8-15/h3-4,6,10,15H,1-2,5,7-8H2/t10-/m0/s1. The molecular weight excluding hydrogens is 212 g/mol. The largest absolute Gasteiger partial charge is 0.395 e. The number of hydrogen-bond acceptors (Lipinski definition) is 3. The number of aliphatic hydroxyl groups is 1. The van der Waals surface area contributed by atoms with Crippen molar-refractivity contribution < 1.29 is 5.11 Å². The normalized spacial score (nSPS) is 22.1. The van der Waals surface area contributed by atoms with E-state index >= 15 is 0 Å². The van der Waals surface area contributed by atoms with Gasteiger partial charge in [-0.15, -0.1) is 0 Å². The van der Waals surface area contributed by atoms with Crippen molar-refractivity contribution in [3.8, 4) is 0 Å². The van der Waals surface area contributed by atoms with Crippen molar-refractivity contribution in [2.45, 2.75) is 25.4 Å². The van der Waals surface area contributed by atoms with Crippen molar-refractivity contribution in [3.05, 3.63) is 29.0 Å². The average molecular weight is 227 g/mol. The first-order valence-electron chi connectivity index (χ1n) is 5.24. The van der Waals surface area contributed by atoms with E-state index in [4.69, 9.17) is 11.6 Å². The lowest BCUT2D eigenvalue weighted by molar-refractivity contribution is 0.153. The van der Waals surface area contributed by atoms with Gasteiger partial charge in [-0.3, -0.25) is 9.88 Å². The molecule has 1 aliphatic rings. The summed E-state index contributed by atoms with van der Waals surface area (Å²) in [6.07, 6.45) is 5.67. The number of rotatable bonds is 3. The summed E-state index contributed by atoms with van der Waals surface area (Å²) in [5, 5.41) is 9.91. The quantitative estimate of drug-likeness (QED) is 0.852. The maximum absolute atomic E-state index is 9.20. The SMILES string of the molecule is OC[C@@H]1CCCN1Cc1ccncc1Cl. The van der Waals surface area contributed by atoms with Gasteiger partial charge in [-0.05, 0) is 31.0 Å². The van der Waals surface area contributed by atoms with E-state index in [0.717, 1.165) is 31.5 Å². The summed E-state index contributed by atoms with van der Waals surface area (Å²) in [4.78, 5) is 6.24. The average Bonchev–Trinajstić information content (AvgIpc) is 2.69. The molecule has 4 heteroatoms. The van der Waals surface area contributed by atoms with Crippen molar-refractivity contribution in [1.82, 2.24) is 9.88 Å². The highest BCUT2D eigenvalue weighted by Crippen LogP contribution is 2.22. The number of likely N-dealkylation sites (tertiary alicyclic amines) is 1. The van der Waals surface area contributed by atoms with Crippen LogP contribution in [0.15, 0.2) is 18.5 Å². The highest BCUT2D eigenvalue weighted by Gasteiger charge is 2.23. The molecule has 1 fully saturated rings. The number of pyridine rings is 1. The van der Waals surface area contributed by atoms with E-state index in [1.54, 1.807) is 12.4 Å². The van der Waals surface area contributed by atoms with Crippen LogP contribution >= 0.6 is 11.6 Å². The Labute approximate surface area is 94.7 Å². The van der Waals surface area contributed by atoms with Crippen molar-refractivity contribution in [1.29, 1.82) is 0 Å². The van der Waals surface area contributed by atoms with Gasteiger partial charge >= 0.3 is 0 Å². The molecule has 2 rings (SSSR count). The molecule has 0 amide bonds. The third-order valence-electron chi connectivity index (χ3n) is 2.94. The van der Waals surface area contributed by atoms with E-state index in [1.807, 2.05) is 6.07 Å². The van der Waals surface area contributed by atoms with Crippen molar-refractivity contribution in [2.24, 2.45) is 0 Å². The van der Waals surface area contributed by atoms with E-state index in [1.165, 1.54) is 0 Å². The summed E-state index contributed by atoms with van der Waals surface area (Å²) in [5.41, 5.74) is 1.09. The Hall–Kier alpha value is -0.640. The first-order valence-corrected chi connectivity index (χ1v) is 5.62. The maximum Gasteiger partial charge on any atom is 0.0634 e. The zero-order chi connectivity index (χ0) is 10.7. The summed E-state index contributed by atoms with van der Waals surface area (Å²) in [6, 6.07) is 2.24. The van der Waals surface area contributed by atoms with E-state index in [9.17, 15) is 5.11 Å². The Kier molecular flexibility index (Phi) is 3.57. The van der Waals surface area contributed by atoms with Crippen LogP contribution in [0.2, 0.25) is 5.02 Å². The lowest BCUT2D eigenvalue weighted by Crippen LogP contribution is -2.31. The number of hydrogen-bond donors (Lipinski definition) is 1. The number of halogens is 1. The molecule has 0 bridgehead atoms. The van der Waals surface area contributed by atoms with Crippen LogP contribution in [-0.2, 0) is 6.54 Å². The van der Waals surface area contributed by atoms with Gasteiger partial charge in [-0.2, -0.15) is 0 Å². The van der Waals surface area contributed by atoms with Gasteiger partial charge in [0.2, 0.25) is 0 Å². The molecule has 0 saturated carbocycles. The second-order valence-electron chi connectivity index (χ2n) is 3.92. The number of nitrogens with zero attached hydrogens (tertiary/aromatic N) is 2. The molecule has 1 N–H and O–H groups in total. The lowest BCUT2D eigenvalue weighted by Gasteiger charge is -2.22. The first kappa shape index (κ1) is 10.9. The van der Waals surface area contributed by atoms with Crippen molar-refractivity contribution >= 4 is 11.6 Å². The Morgan fingerprint density at radius 1 is 1.60 bits per heavy atom. The summed E-state index contributed by atoms with van der Waals surface area (Å²) in [6.45, 7) is 2.10. The van der Waals surface area contributed by atoms with E-state index in [2.05, 4.69) is 9.88 Å². The van der Waals surface area contributed by atoms with E-state index in [-0.39, 0.29) is 6.61 Å². The molecular formula is C11H15ClN2O. The fourth-order valence-corrected chi connectivity index (χ4v) is 2.24. The molecule has 0 aliphatic carbocycles. The van der Waals surface area contributed by atoms with Crippen LogP contribution in [0.5, 0.6) is 0 Å². The minimum absolute atomic E-state index is 0.239. The maximum atomic E-state index is 9.20. The minimum Gasteiger partial charge on any atom is -0.395 e. The van der Waals surface area contributed by atoms with Crippen LogP contribution < -0.4 is 0 Å². The lowest BCUT2D eigenvalue weighted by atomic mass is 10.2. The Bertz CT molecular complexity index is 332. The summed E-state index contributed by atoms with van der Waals surface area (Å²) >= 11 is 6.04. The molecule has 1 saturated heterocycles. The van der Waals surface area contributed by atoms with Gasteiger partial charge < -0.3 is 5.11 Å². The van der Waals surface area contributed by atoms with Crippen molar-refractivity contribution in [2.75, 3.05) is 13.2 Å². The van der Waals surface area contributed by atoms with Crippen LogP contribution in [0, 0.1) is 0 Å². The van der Waals surface area contributed by atoms with Crippen molar-refractivity contribution in [3.63, 3.8) is 0 Å². The topological polar surface area (TPSA) is 36.4 Å². The third kappa shape index (κ3) is 2.48. The molecule has 1 aliphatic heterocycles. The van der Waals surface area contributed by atoms with Gasteiger partial charge in [0.05, 0.1) is 11.6 Å². The van der Waals surface area contributed by atoms with Crippen LogP contribution in [0.3, 0.4) is 0 Å². The van der Waals surface area contributed by atoms with Crippen LogP contribution in [0.1, 0.15) is 18.4 Å². The molecule has 2 heterocycles.